The lowest BCUT2D eigenvalue weighted by atomic mass is 10.2. The summed E-state index contributed by atoms with van der Waals surface area (Å²) >= 11 is 0. The molecule has 2 heterocycles. The van der Waals surface area contributed by atoms with Crippen LogP contribution in [-0.4, -0.2) is 28.4 Å². The van der Waals surface area contributed by atoms with Crippen molar-refractivity contribution in [2.45, 2.75) is 26.9 Å². The molecule has 0 radical (unpaired) electrons. The molecular weight excluding hydrogens is 262 g/mol. The second kappa shape index (κ2) is 7.22. The first-order chi connectivity index (χ1) is 10.0. The Kier molecular flexibility index (Phi) is 5.33. The Labute approximate surface area is 127 Å². The van der Waals surface area contributed by atoms with Crippen molar-refractivity contribution in [1.82, 2.24) is 20.1 Å². The highest BCUT2D eigenvalue weighted by Gasteiger charge is 2.05. The zero-order valence-corrected chi connectivity index (χ0v) is 13.4. The van der Waals surface area contributed by atoms with E-state index in [1.807, 2.05) is 37.4 Å². The third-order valence-electron chi connectivity index (χ3n) is 3.26. The van der Waals surface area contributed by atoms with Crippen molar-refractivity contribution in [2.24, 2.45) is 13.0 Å². The standard InChI is InChI=1S/C16H25N5/c1-13(2)7-17-8-14-5-6-16(18-9-14)20(3)11-15-10-19-21(4)12-15/h5-6,9-10,12-13,17H,7-8,11H2,1-4H3. The number of hydrogen-bond donors (Lipinski definition) is 1. The molecule has 0 unspecified atom stereocenters. The summed E-state index contributed by atoms with van der Waals surface area (Å²) in [6.45, 7) is 7.13. The molecule has 0 saturated carbocycles. The maximum Gasteiger partial charge on any atom is 0.128 e. The highest BCUT2D eigenvalue weighted by Crippen LogP contribution is 2.12. The first-order valence-corrected chi connectivity index (χ1v) is 7.39. The van der Waals surface area contributed by atoms with Gasteiger partial charge in [-0.3, -0.25) is 4.68 Å². The topological polar surface area (TPSA) is 46.0 Å². The number of anilines is 1. The van der Waals surface area contributed by atoms with Crippen LogP contribution in [0.3, 0.4) is 0 Å². The van der Waals surface area contributed by atoms with E-state index in [9.17, 15) is 0 Å². The number of aryl methyl sites for hydroxylation is 1. The normalized spacial score (nSPS) is 11.1. The Morgan fingerprint density at radius 2 is 2.05 bits per heavy atom. The molecule has 1 N–H and O–H groups in total. The van der Waals surface area contributed by atoms with Gasteiger partial charge in [-0.1, -0.05) is 19.9 Å². The third-order valence-corrected chi connectivity index (χ3v) is 3.26. The van der Waals surface area contributed by atoms with Gasteiger partial charge < -0.3 is 10.2 Å². The fourth-order valence-electron chi connectivity index (χ4n) is 2.16. The average Bonchev–Trinajstić information content (AvgIpc) is 2.84. The van der Waals surface area contributed by atoms with Gasteiger partial charge in [0.1, 0.15) is 5.82 Å². The van der Waals surface area contributed by atoms with E-state index >= 15 is 0 Å². The quantitative estimate of drug-likeness (QED) is 0.848. The lowest BCUT2D eigenvalue weighted by molar-refractivity contribution is 0.552. The minimum Gasteiger partial charge on any atom is -0.355 e. The summed E-state index contributed by atoms with van der Waals surface area (Å²) in [6.07, 6.45) is 5.86. The first kappa shape index (κ1) is 15.5. The molecule has 0 aliphatic heterocycles. The van der Waals surface area contributed by atoms with Gasteiger partial charge in [0.2, 0.25) is 0 Å². The second-order valence-electron chi connectivity index (χ2n) is 5.93. The van der Waals surface area contributed by atoms with E-state index in [4.69, 9.17) is 0 Å². The molecule has 114 valence electrons. The summed E-state index contributed by atoms with van der Waals surface area (Å²) in [7, 11) is 3.98. The Morgan fingerprint density at radius 3 is 2.62 bits per heavy atom. The molecule has 0 atom stereocenters. The van der Waals surface area contributed by atoms with Crippen molar-refractivity contribution < 1.29 is 0 Å². The molecule has 0 bridgehead atoms. The van der Waals surface area contributed by atoms with E-state index in [-0.39, 0.29) is 0 Å². The van der Waals surface area contributed by atoms with Gasteiger partial charge in [0.05, 0.1) is 6.20 Å². The number of hydrogen-bond acceptors (Lipinski definition) is 4. The van der Waals surface area contributed by atoms with Crippen molar-refractivity contribution in [3.8, 4) is 0 Å². The number of aromatic nitrogens is 3. The Morgan fingerprint density at radius 1 is 1.24 bits per heavy atom. The van der Waals surface area contributed by atoms with Gasteiger partial charge in [-0.2, -0.15) is 5.10 Å². The van der Waals surface area contributed by atoms with Crippen molar-refractivity contribution in [3.63, 3.8) is 0 Å². The molecule has 21 heavy (non-hydrogen) atoms. The van der Waals surface area contributed by atoms with E-state index in [0.29, 0.717) is 5.92 Å². The van der Waals surface area contributed by atoms with Crippen LogP contribution in [0.15, 0.2) is 30.7 Å². The Balaban J connectivity index is 1.88. The van der Waals surface area contributed by atoms with Gasteiger partial charge in [-0.25, -0.2) is 4.98 Å². The molecule has 0 amide bonds. The summed E-state index contributed by atoms with van der Waals surface area (Å²) in [5.41, 5.74) is 2.40. The van der Waals surface area contributed by atoms with Crippen LogP contribution in [0.5, 0.6) is 0 Å². The molecule has 2 aromatic rings. The SMILES string of the molecule is CC(C)CNCc1ccc(N(C)Cc2cnn(C)c2)nc1. The molecule has 5 heteroatoms. The smallest absolute Gasteiger partial charge is 0.128 e. The molecule has 0 aromatic carbocycles. The van der Waals surface area contributed by atoms with E-state index < -0.39 is 0 Å². The van der Waals surface area contributed by atoms with E-state index in [1.165, 1.54) is 11.1 Å². The largest absolute Gasteiger partial charge is 0.355 e. The van der Waals surface area contributed by atoms with E-state index in [0.717, 1.165) is 25.5 Å². The van der Waals surface area contributed by atoms with Gasteiger partial charge in [-0.05, 0) is 24.1 Å². The maximum absolute atomic E-state index is 4.54. The summed E-state index contributed by atoms with van der Waals surface area (Å²) in [6, 6.07) is 4.21. The predicted molar refractivity (Wildman–Crippen MR) is 86.1 cm³/mol. The van der Waals surface area contributed by atoms with E-state index in [1.54, 1.807) is 0 Å². The van der Waals surface area contributed by atoms with Crippen LogP contribution in [0.25, 0.3) is 0 Å². The third kappa shape index (κ3) is 4.86. The van der Waals surface area contributed by atoms with Crippen LogP contribution in [0.2, 0.25) is 0 Å². The molecule has 0 spiro atoms. The van der Waals surface area contributed by atoms with Gasteiger partial charge >= 0.3 is 0 Å². The number of rotatable bonds is 7. The van der Waals surface area contributed by atoms with Crippen LogP contribution < -0.4 is 10.2 Å². The van der Waals surface area contributed by atoms with Gasteiger partial charge in [-0.15, -0.1) is 0 Å². The molecule has 0 aliphatic rings. The molecule has 0 saturated heterocycles. The van der Waals surface area contributed by atoms with Crippen LogP contribution >= 0.6 is 0 Å². The minimum atomic E-state index is 0.669. The summed E-state index contributed by atoms with van der Waals surface area (Å²) in [5.74, 6) is 1.65. The fourth-order valence-corrected chi connectivity index (χ4v) is 2.16. The molecule has 0 fully saturated rings. The maximum atomic E-state index is 4.54. The van der Waals surface area contributed by atoms with E-state index in [2.05, 4.69) is 46.3 Å². The van der Waals surface area contributed by atoms with Crippen LogP contribution in [0, 0.1) is 5.92 Å². The van der Waals surface area contributed by atoms with Crippen molar-refractivity contribution in [1.29, 1.82) is 0 Å². The molecule has 5 nitrogen and oxygen atoms in total. The van der Waals surface area contributed by atoms with Crippen LogP contribution in [-0.2, 0) is 20.1 Å². The van der Waals surface area contributed by atoms with Crippen LogP contribution in [0.1, 0.15) is 25.0 Å². The predicted octanol–water partition coefficient (Wildman–Crippen LogP) is 2.20. The molecule has 2 rings (SSSR count). The number of pyridine rings is 1. The summed E-state index contributed by atoms with van der Waals surface area (Å²) < 4.78 is 1.82. The lowest BCUT2D eigenvalue weighted by Gasteiger charge is -2.17. The van der Waals surface area contributed by atoms with Crippen molar-refractivity contribution in [3.05, 3.63) is 41.9 Å². The average molecular weight is 287 g/mol. The van der Waals surface area contributed by atoms with Crippen molar-refractivity contribution >= 4 is 5.82 Å². The lowest BCUT2D eigenvalue weighted by Crippen LogP contribution is -2.20. The second-order valence-corrected chi connectivity index (χ2v) is 5.93. The van der Waals surface area contributed by atoms with Gasteiger partial charge in [0.15, 0.2) is 0 Å². The molecular formula is C16H25N5. The Hall–Kier alpha value is -1.88. The van der Waals surface area contributed by atoms with Gasteiger partial charge in [0, 0.05) is 45.1 Å². The summed E-state index contributed by atoms with van der Waals surface area (Å²) in [4.78, 5) is 6.67. The molecule has 2 aromatic heterocycles. The monoisotopic (exact) mass is 287 g/mol. The molecule has 0 aliphatic carbocycles. The highest BCUT2D eigenvalue weighted by atomic mass is 15.2. The van der Waals surface area contributed by atoms with Gasteiger partial charge in [0.25, 0.3) is 0 Å². The first-order valence-electron chi connectivity index (χ1n) is 7.39. The Bertz CT molecular complexity index is 544. The number of nitrogens with one attached hydrogen (secondary N) is 1. The zero-order chi connectivity index (χ0) is 15.2. The van der Waals surface area contributed by atoms with Crippen molar-refractivity contribution in [2.75, 3.05) is 18.5 Å². The summed E-state index contributed by atoms with van der Waals surface area (Å²) in [5, 5.41) is 7.61. The fraction of sp³-hybridized carbons (Fsp3) is 0.500. The minimum absolute atomic E-state index is 0.669. The zero-order valence-electron chi connectivity index (χ0n) is 13.4. The highest BCUT2D eigenvalue weighted by molar-refractivity contribution is 5.39. The number of nitrogens with zero attached hydrogens (tertiary/aromatic N) is 4. The van der Waals surface area contributed by atoms with Crippen LogP contribution in [0.4, 0.5) is 5.82 Å².